The highest BCUT2D eigenvalue weighted by Crippen LogP contribution is 2.52. The van der Waals surface area contributed by atoms with Gasteiger partial charge in [-0.3, -0.25) is 0 Å². The average Bonchev–Trinajstić information content (AvgIpc) is 4.44. The zero-order valence-electron chi connectivity index (χ0n) is 42.0. The zero-order valence-corrected chi connectivity index (χ0v) is 43.6. The van der Waals surface area contributed by atoms with Crippen LogP contribution in [0.3, 0.4) is 0 Å². The number of thiophene rings is 2. The molecule has 0 saturated carbocycles. The van der Waals surface area contributed by atoms with Crippen molar-refractivity contribution in [2.75, 3.05) is 9.80 Å². The van der Waals surface area contributed by atoms with Crippen molar-refractivity contribution in [3.63, 3.8) is 0 Å². The summed E-state index contributed by atoms with van der Waals surface area (Å²) in [6, 6.07) is 98.5. The summed E-state index contributed by atoms with van der Waals surface area (Å²) in [7, 11) is 0. The minimum absolute atomic E-state index is 1.10. The highest BCUT2D eigenvalue weighted by atomic mass is 32.1. The number of anilines is 6. The van der Waals surface area contributed by atoms with Gasteiger partial charge in [0, 0.05) is 107 Å². The van der Waals surface area contributed by atoms with E-state index in [4.69, 9.17) is 0 Å². The molecule has 6 heteroatoms. The number of para-hydroxylation sites is 4. The first-order chi connectivity index (χ1) is 38.7. The molecule has 17 aromatic rings. The van der Waals surface area contributed by atoms with Gasteiger partial charge in [0.2, 0.25) is 0 Å². The van der Waals surface area contributed by atoms with Gasteiger partial charge in [-0.15, -0.1) is 22.7 Å². The SMILES string of the molecule is c1ccc(N(c2ccccc2)c2cccc(-n3c4cc5sc6ccccc6c5c5ccc6c7c(cc3c6c54)sc3cc(N(c4ccc5ccccc5c4)c4ccc5c6ccccc6n(-c6ccccc6)c5c4)ccc37)c2)cc1. The molecule has 364 valence electrons. The molecule has 0 spiro atoms. The van der Waals surface area contributed by atoms with E-state index in [1.807, 2.05) is 22.7 Å². The third-order valence-corrected chi connectivity index (χ3v) is 18.4. The van der Waals surface area contributed by atoms with Crippen molar-refractivity contribution in [3.05, 3.63) is 267 Å². The summed E-state index contributed by atoms with van der Waals surface area (Å²) in [6.07, 6.45) is 0. The number of aromatic nitrogens is 2. The van der Waals surface area contributed by atoms with E-state index in [0.717, 1.165) is 45.5 Å². The van der Waals surface area contributed by atoms with E-state index >= 15 is 0 Å². The Balaban J connectivity index is 0.903. The molecule has 0 aliphatic heterocycles. The van der Waals surface area contributed by atoms with Gasteiger partial charge in [0.1, 0.15) is 0 Å². The quantitative estimate of drug-likeness (QED) is 0.141. The molecule has 0 aliphatic rings. The fourth-order valence-electron chi connectivity index (χ4n) is 12.9. The van der Waals surface area contributed by atoms with Crippen LogP contribution in [0.15, 0.2) is 267 Å². The summed E-state index contributed by atoms with van der Waals surface area (Å²) in [6.45, 7) is 0. The lowest BCUT2D eigenvalue weighted by Crippen LogP contribution is -2.10. The monoisotopic (exact) mass is 1030 g/mol. The molecule has 0 saturated heterocycles. The number of fused-ring (bicyclic) bond motifs is 12. The maximum atomic E-state index is 2.55. The van der Waals surface area contributed by atoms with Crippen molar-refractivity contribution in [2.45, 2.75) is 0 Å². The number of rotatable bonds is 8. The fraction of sp³-hybridized carbons (Fsp3) is 0. The van der Waals surface area contributed by atoms with Crippen LogP contribution in [-0.2, 0) is 0 Å². The van der Waals surface area contributed by atoms with E-state index in [9.17, 15) is 0 Å². The molecule has 4 heterocycles. The van der Waals surface area contributed by atoms with E-state index < -0.39 is 0 Å². The second-order valence-electron chi connectivity index (χ2n) is 20.4. The first-order valence-electron chi connectivity index (χ1n) is 26.6. The maximum absolute atomic E-state index is 2.55. The van der Waals surface area contributed by atoms with Crippen LogP contribution in [-0.4, -0.2) is 9.13 Å². The van der Waals surface area contributed by atoms with Crippen LogP contribution >= 0.6 is 22.7 Å². The molecular weight excluding hydrogens is 985 g/mol. The molecule has 13 aromatic carbocycles. The van der Waals surface area contributed by atoms with Crippen LogP contribution in [0.5, 0.6) is 0 Å². The molecule has 0 N–H and O–H groups in total. The van der Waals surface area contributed by atoms with Gasteiger partial charge in [-0.2, -0.15) is 0 Å². The molecule has 0 atom stereocenters. The normalized spacial score (nSPS) is 12.1. The standard InChI is InChI=1S/C72H44N4S2/c1-4-19-47(20-5-1)73(48-21-6-2-7-22-48)50-25-16-26-51(40-50)76-63-43-67-69(57-28-13-15-30-65(57)77-67)59-37-38-60-70-58-36-34-54(42-66(58)78-68(70)44-64(76)72(60)71(59)63)74(52-32-31-45-17-10-11-18-46(45)39-52)53-33-35-56-55-27-12-14-29-61(55)75(62(56)41-53)49-23-8-3-9-24-49/h1-44H. The zero-order chi connectivity index (χ0) is 51.0. The second-order valence-corrected chi connectivity index (χ2v) is 22.6. The van der Waals surface area contributed by atoms with Crippen molar-refractivity contribution in [2.24, 2.45) is 0 Å². The average molecular weight is 1030 g/mol. The Morgan fingerprint density at radius 3 is 1.44 bits per heavy atom. The summed E-state index contributed by atoms with van der Waals surface area (Å²) in [4.78, 5) is 4.82. The summed E-state index contributed by atoms with van der Waals surface area (Å²) in [5.74, 6) is 0. The third-order valence-electron chi connectivity index (χ3n) is 16.2. The van der Waals surface area contributed by atoms with Crippen LogP contribution in [0.25, 0.3) is 117 Å². The van der Waals surface area contributed by atoms with Crippen LogP contribution in [0.1, 0.15) is 0 Å². The van der Waals surface area contributed by atoms with E-state index in [0.29, 0.717) is 0 Å². The summed E-state index contributed by atoms with van der Waals surface area (Å²) in [5.41, 5.74) is 13.7. The summed E-state index contributed by atoms with van der Waals surface area (Å²) < 4.78 is 10.1. The topological polar surface area (TPSA) is 16.3 Å². The number of nitrogens with zero attached hydrogens (tertiary/aromatic N) is 4. The van der Waals surface area contributed by atoms with Crippen molar-refractivity contribution in [1.29, 1.82) is 0 Å². The van der Waals surface area contributed by atoms with E-state index in [-0.39, 0.29) is 0 Å². The lowest BCUT2D eigenvalue weighted by Gasteiger charge is -2.26. The first-order valence-corrected chi connectivity index (χ1v) is 28.2. The van der Waals surface area contributed by atoms with Crippen molar-refractivity contribution < 1.29 is 0 Å². The molecule has 0 bridgehead atoms. The van der Waals surface area contributed by atoms with Gasteiger partial charge in [0.05, 0.1) is 22.1 Å². The Morgan fingerprint density at radius 2 is 0.705 bits per heavy atom. The molecule has 4 nitrogen and oxygen atoms in total. The van der Waals surface area contributed by atoms with Crippen LogP contribution in [0.4, 0.5) is 34.1 Å². The minimum Gasteiger partial charge on any atom is -0.310 e. The van der Waals surface area contributed by atoms with Crippen LogP contribution in [0.2, 0.25) is 0 Å². The van der Waals surface area contributed by atoms with Crippen molar-refractivity contribution >= 4 is 162 Å². The predicted molar refractivity (Wildman–Crippen MR) is 336 cm³/mol. The first kappa shape index (κ1) is 43.5. The van der Waals surface area contributed by atoms with Gasteiger partial charge in [0.25, 0.3) is 0 Å². The third kappa shape index (κ3) is 6.45. The molecule has 78 heavy (non-hydrogen) atoms. The lowest BCUT2D eigenvalue weighted by atomic mass is 9.96. The Labute approximate surface area is 456 Å². The van der Waals surface area contributed by atoms with Gasteiger partial charge in [-0.05, 0) is 137 Å². The van der Waals surface area contributed by atoms with Gasteiger partial charge in [0.15, 0.2) is 0 Å². The Morgan fingerprint density at radius 1 is 0.231 bits per heavy atom. The molecule has 0 aliphatic carbocycles. The highest BCUT2D eigenvalue weighted by molar-refractivity contribution is 7.26. The van der Waals surface area contributed by atoms with Gasteiger partial charge < -0.3 is 18.9 Å². The number of hydrogen-bond donors (Lipinski definition) is 0. The molecule has 0 unspecified atom stereocenters. The largest absolute Gasteiger partial charge is 0.310 e. The molecule has 0 radical (unpaired) electrons. The molecule has 4 aromatic heterocycles. The lowest BCUT2D eigenvalue weighted by molar-refractivity contribution is 1.17. The Kier molecular flexibility index (Phi) is 9.42. The molecular formula is C72H44N4S2. The summed E-state index contributed by atoms with van der Waals surface area (Å²) in [5, 5.41) is 15.4. The van der Waals surface area contributed by atoms with Crippen LogP contribution in [0, 0.1) is 0 Å². The minimum atomic E-state index is 1.10. The molecule has 17 rings (SSSR count). The summed E-state index contributed by atoms with van der Waals surface area (Å²) >= 11 is 3.79. The highest BCUT2D eigenvalue weighted by Gasteiger charge is 2.26. The fourth-order valence-corrected chi connectivity index (χ4v) is 15.2. The van der Waals surface area contributed by atoms with Crippen molar-refractivity contribution in [1.82, 2.24) is 9.13 Å². The smallest absolute Gasteiger partial charge is 0.0561 e. The number of benzene rings is 13. The van der Waals surface area contributed by atoms with Crippen LogP contribution < -0.4 is 9.80 Å². The second kappa shape index (κ2) is 16.9. The van der Waals surface area contributed by atoms with E-state index in [2.05, 4.69) is 286 Å². The van der Waals surface area contributed by atoms with Gasteiger partial charge in [-0.1, -0.05) is 152 Å². The van der Waals surface area contributed by atoms with Gasteiger partial charge >= 0.3 is 0 Å². The van der Waals surface area contributed by atoms with Gasteiger partial charge in [-0.25, -0.2) is 0 Å². The van der Waals surface area contributed by atoms with E-state index in [1.165, 1.54) is 106 Å². The Bertz CT molecular complexity index is 5180. The van der Waals surface area contributed by atoms with Crippen molar-refractivity contribution in [3.8, 4) is 11.4 Å². The molecule has 0 fully saturated rings. The van der Waals surface area contributed by atoms with E-state index in [1.54, 1.807) is 0 Å². The predicted octanol–water partition coefficient (Wildman–Crippen LogP) is 21.3. The molecule has 0 amide bonds. The Hall–Kier alpha value is -9.72. The number of hydrogen-bond acceptors (Lipinski definition) is 4. The maximum Gasteiger partial charge on any atom is 0.0561 e.